The van der Waals surface area contributed by atoms with Gasteiger partial charge >= 0.3 is 0 Å². The van der Waals surface area contributed by atoms with Crippen LogP contribution in [0.4, 0.5) is 5.82 Å². The Morgan fingerprint density at radius 3 is 3.00 bits per heavy atom. The fraction of sp³-hybridized carbons (Fsp3) is 0.588. The zero-order valence-electron chi connectivity index (χ0n) is 14.6. The van der Waals surface area contributed by atoms with Crippen molar-refractivity contribution in [3.05, 3.63) is 35.5 Å². The van der Waals surface area contributed by atoms with Crippen molar-refractivity contribution in [1.29, 1.82) is 0 Å². The summed E-state index contributed by atoms with van der Waals surface area (Å²) >= 11 is 0. The second-order valence-electron chi connectivity index (χ2n) is 6.69. The van der Waals surface area contributed by atoms with Crippen molar-refractivity contribution < 1.29 is 0 Å². The van der Waals surface area contributed by atoms with Gasteiger partial charge in [-0.25, -0.2) is 9.97 Å². The van der Waals surface area contributed by atoms with Crippen LogP contribution in [0.2, 0.25) is 0 Å². The van der Waals surface area contributed by atoms with Crippen molar-refractivity contribution in [3.8, 4) is 0 Å². The molecular formula is C17H27N7. The number of H-pyrrole nitrogens is 1. The fourth-order valence-corrected chi connectivity index (χ4v) is 3.36. The molecule has 3 N–H and O–H groups in total. The van der Waals surface area contributed by atoms with E-state index >= 15 is 0 Å². The molecule has 0 saturated carbocycles. The standard InChI is InChI=1S/C17H27N7/c1-13-14(10-20-22-13)11-24-8-3-4-15(6-9-24)23(2)12-17-19-7-5-16(18)21-17/h5,7,10,15H,3-4,6,8-9,11-12H2,1-2H3,(H,20,22)(H2,18,19,21)/t15-/m1/s1. The minimum Gasteiger partial charge on any atom is -0.384 e. The molecule has 3 rings (SSSR count). The monoisotopic (exact) mass is 329 g/mol. The number of aryl methyl sites for hydroxylation is 1. The Balaban J connectivity index is 1.54. The predicted molar refractivity (Wildman–Crippen MR) is 94.2 cm³/mol. The minimum absolute atomic E-state index is 0.538. The van der Waals surface area contributed by atoms with Gasteiger partial charge in [0.2, 0.25) is 0 Å². The van der Waals surface area contributed by atoms with E-state index in [9.17, 15) is 0 Å². The van der Waals surface area contributed by atoms with Gasteiger partial charge in [-0.1, -0.05) is 0 Å². The van der Waals surface area contributed by atoms with Crippen LogP contribution in [0.15, 0.2) is 18.5 Å². The van der Waals surface area contributed by atoms with Gasteiger partial charge in [0, 0.05) is 30.0 Å². The maximum absolute atomic E-state index is 5.75. The van der Waals surface area contributed by atoms with Crippen molar-refractivity contribution in [3.63, 3.8) is 0 Å². The predicted octanol–water partition coefficient (Wildman–Crippen LogP) is 1.58. The van der Waals surface area contributed by atoms with Crippen molar-refractivity contribution in [2.75, 3.05) is 25.9 Å². The fourth-order valence-electron chi connectivity index (χ4n) is 3.36. The zero-order chi connectivity index (χ0) is 16.9. The summed E-state index contributed by atoms with van der Waals surface area (Å²) in [6.07, 6.45) is 7.26. The average molecular weight is 329 g/mol. The van der Waals surface area contributed by atoms with E-state index in [1.165, 1.54) is 24.1 Å². The third-order valence-electron chi connectivity index (χ3n) is 4.86. The molecule has 0 bridgehead atoms. The van der Waals surface area contributed by atoms with E-state index in [1.807, 2.05) is 6.20 Å². The van der Waals surface area contributed by atoms with Crippen LogP contribution >= 0.6 is 0 Å². The Morgan fingerprint density at radius 2 is 2.25 bits per heavy atom. The number of hydrogen-bond acceptors (Lipinski definition) is 6. The highest BCUT2D eigenvalue weighted by atomic mass is 15.2. The van der Waals surface area contributed by atoms with Crippen LogP contribution in [0.25, 0.3) is 0 Å². The van der Waals surface area contributed by atoms with E-state index in [1.54, 1.807) is 12.3 Å². The molecule has 7 heteroatoms. The van der Waals surface area contributed by atoms with E-state index < -0.39 is 0 Å². The maximum Gasteiger partial charge on any atom is 0.144 e. The normalized spacial score (nSPS) is 19.5. The number of aromatic amines is 1. The molecule has 2 aromatic heterocycles. The molecular weight excluding hydrogens is 302 g/mol. The van der Waals surface area contributed by atoms with Gasteiger partial charge in [0.05, 0.1) is 12.7 Å². The molecule has 130 valence electrons. The third kappa shape index (κ3) is 4.30. The van der Waals surface area contributed by atoms with Gasteiger partial charge in [-0.15, -0.1) is 0 Å². The van der Waals surface area contributed by atoms with Crippen LogP contribution in [-0.4, -0.2) is 56.1 Å². The van der Waals surface area contributed by atoms with Gasteiger partial charge in [-0.2, -0.15) is 5.10 Å². The highest BCUT2D eigenvalue weighted by Crippen LogP contribution is 2.19. The summed E-state index contributed by atoms with van der Waals surface area (Å²) in [5.41, 5.74) is 8.22. The molecule has 1 atom stereocenters. The molecule has 0 aliphatic carbocycles. The number of nitrogens with one attached hydrogen (secondary N) is 1. The van der Waals surface area contributed by atoms with Crippen LogP contribution in [0.1, 0.15) is 36.3 Å². The first-order chi connectivity index (χ1) is 11.6. The molecule has 7 nitrogen and oxygen atoms in total. The number of nitrogens with two attached hydrogens (primary N) is 1. The van der Waals surface area contributed by atoms with E-state index in [-0.39, 0.29) is 0 Å². The number of anilines is 1. The summed E-state index contributed by atoms with van der Waals surface area (Å²) < 4.78 is 0. The molecule has 0 radical (unpaired) electrons. The molecule has 1 fully saturated rings. The summed E-state index contributed by atoms with van der Waals surface area (Å²) in [6, 6.07) is 2.29. The molecule has 1 aliphatic rings. The quantitative estimate of drug-likeness (QED) is 0.866. The van der Waals surface area contributed by atoms with Gasteiger partial charge in [0.25, 0.3) is 0 Å². The average Bonchev–Trinajstić information content (AvgIpc) is 2.81. The van der Waals surface area contributed by atoms with Gasteiger partial charge in [-0.3, -0.25) is 14.9 Å². The first-order valence-corrected chi connectivity index (χ1v) is 8.60. The molecule has 0 amide bonds. The number of nitrogens with zero attached hydrogens (tertiary/aromatic N) is 5. The number of hydrogen-bond donors (Lipinski definition) is 2. The Morgan fingerprint density at radius 1 is 1.38 bits per heavy atom. The van der Waals surface area contributed by atoms with Crippen LogP contribution in [0.3, 0.4) is 0 Å². The summed E-state index contributed by atoms with van der Waals surface area (Å²) in [5, 5.41) is 7.15. The van der Waals surface area contributed by atoms with Gasteiger partial charge in [0.15, 0.2) is 0 Å². The van der Waals surface area contributed by atoms with Crippen LogP contribution < -0.4 is 5.73 Å². The van der Waals surface area contributed by atoms with E-state index in [2.05, 4.69) is 43.9 Å². The Bertz CT molecular complexity index is 654. The Hall–Kier alpha value is -1.99. The molecule has 2 aromatic rings. The Kier molecular flexibility index (Phi) is 5.42. The van der Waals surface area contributed by atoms with Gasteiger partial charge in [0.1, 0.15) is 11.6 Å². The number of likely N-dealkylation sites (tertiary alicyclic amines) is 1. The smallest absolute Gasteiger partial charge is 0.144 e. The highest BCUT2D eigenvalue weighted by molar-refractivity contribution is 5.25. The minimum atomic E-state index is 0.538. The molecule has 3 heterocycles. The zero-order valence-corrected chi connectivity index (χ0v) is 14.6. The van der Waals surface area contributed by atoms with Gasteiger partial charge < -0.3 is 5.73 Å². The summed E-state index contributed by atoms with van der Waals surface area (Å²) in [7, 11) is 2.16. The van der Waals surface area contributed by atoms with Crippen molar-refractivity contribution in [1.82, 2.24) is 30.0 Å². The summed E-state index contributed by atoms with van der Waals surface area (Å²) in [5.74, 6) is 1.34. The molecule has 1 saturated heterocycles. The molecule has 24 heavy (non-hydrogen) atoms. The first-order valence-electron chi connectivity index (χ1n) is 8.60. The van der Waals surface area contributed by atoms with E-state index in [0.29, 0.717) is 11.9 Å². The van der Waals surface area contributed by atoms with Crippen molar-refractivity contribution in [2.45, 2.75) is 45.3 Å². The van der Waals surface area contributed by atoms with Crippen LogP contribution in [0, 0.1) is 6.92 Å². The summed E-state index contributed by atoms with van der Waals surface area (Å²) in [6.45, 7) is 6.07. The van der Waals surface area contributed by atoms with Crippen molar-refractivity contribution in [2.24, 2.45) is 0 Å². The lowest BCUT2D eigenvalue weighted by Gasteiger charge is -2.26. The molecule has 0 spiro atoms. The van der Waals surface area contributed by atoms with E-state index in [0.717, 1.165) is 38.4 Å². The van der Waals surface area contributed by atoms with Crippen LogP contribution in [0.5, 0.6) is 0 Å². The lowest BCUT2D eigenvalue weighted by Crippen LogP contribution is -2.33. The van der Waals surface area contributed by atoms with Gasteiger partial charge in [-0.05, 0) is 52.4 Å². The van der Waals surface area contributed by atoms with Crippen molar-refractivity contribution >= 4 is 5.82 Å². The molecule has 1 aliphatic heterocycles. The largest absolute Gasteiger partial charge is 0.384 e. The number of rotatable bonds is 5. The first kappa shape index (κ1) is 16.9. The lowest BCUT2D eigenvalue weighted by molar-refractivity contribution is 0.202. The SMILES string of the molecule is Cc1[nH]ncc1CN1CCC[C@@H](N(C)Cc2nccc(N)n2)CC1. The second-order valence-corrected chi connectivity index (χ2v) is 6.69. The third-order valence-corrected chi connectivity index (χ3v) is 4.86. The summed E-state index contributed by atoms with van der Waals surface area (Å²) in [4.78, 5) is 13.5. The Labute approximate surface area is 143 Å². The molecule has 0 aromatic carbocycles. The van der Waals surface area contributed by atoms with E-state index in [4.69, 9.17) is 5.73 Å². The second kappa shape index (κ2) is 7.72. The maximum atomic E-state index is 5.75. The number of nitrogen functional groups attached to an aromatic ring is 1. The number of aromatic nitrogens is 4. The lowest BCUT2D eigenvalue weighted by atomic mass is 10.1. The highest BCUT2D eigenvalue weighted by Gasteiger charge is 2.21. The molecule has 0 unspecified atom stereocenters. The topological polar surface area (TPSA) is 87.0 Å². The van der Waals surface area contributed by atoms with Crippen LogP contribution in [-0.2, 0) is 13.1 Å².